The summed E-state index contributed by atoms with van der Waals surface area (Å²) in [5, 5.41) is 23.8. The van der Waals surface area contributed by atoms with Gasteiger partial charge in [-0.2, -0.15) is 0 Å². The molecule has 0 fully saturated rings. The minimum atomic E-state index is -0.802. The molecule has 0 aliphatic heterocycles. The molecule has 2 unspecified atom stereocenters. The second-order valence-corrected chi connectivity index (χ2v) is 4.60. The van der Waals surface area contributed by atoms with Crippen molar-refractivity contribution in [2.24, 2.45) is 0 Å². The van der Waals surface area contributed by atoms with Gasteiger partial charge >= 0.3 is 0 Å². The Labute approximate surface area is 89.5 Å². The smallest absolute Gasteiger partial charge is 0.115 e. The van der Waals surface area contributed by atoms with E-state index < -0.39 is 12.2 Å². The zero-order chi connectivity index (χ0) is 9.84. The topological polar surface area (TPSA) is 52.5 Å². The molecule has 0 aromatic carbocycles. The van der Waals surface area contributed by atoms with Crippen LogP contribution in [0.25, 0.3) is 0 Å². The van der Waals surface area contributed by atoms with E-state index in [0.29, 0.717) is 6.54 Å². The molecule has 2 atom stereocenters. The molecule has 0 aliphatic rings. The number of aliphatic hydroxyl groups is 2. The molecule has 0 spiro atoms. The number of halogens is 1. The van der Waals surface area contributed by atoms with Gasteiger partial charge in [0.15, 0.2) is 0 Å². The predicted molar refractivity (Wildman–Crippen MR) is 56.9 cm³/mol. The van der Waals surface area contributed by atoms with Gasteiger partial charge in [-0.1, -0.05) is 0 Å². The van der Waals surface area contributed by atoms with Gasteiger partial charge in [0.05, 0.1) is 6.10 Å². The lowest BCUT2D eigenvalue weighted by atomic mass is 10.2. The highest BCUT2D eigenvalue weighted by molar-refractivity contribution is 9.10. The number of nitrogens with one attached hydrogen (secondary N) is 1. The minimum absolute atomic E-state index is 0.386. The van der Waals surface area contributed by atoms with Crippen LogP contribution in [0.1, 0.15) is 11.0 Å². The largest absolute Gasteiger partial charge is 0.389 e. The third kappa shape index (κ3) is 3.03. The second kappa shape index (κ2) is 5.07. The van der Waals surface area contributed by atoms with Gasteiger partial charge in [-0.25, -0.2) is 0 Å². The molecule has 0 aliphatic carbocycles. The van der Waals surface area contributed by atoms with Crippen molar-refractivity contribution in [2.75, 3.05) is 13.6 Å². The zero-order valence-corrected chi connectivity index (χ0v) is 9.60. The maximum absolute atomic E-state index is 9.63. The van der Waals surface area contributed by atoms with Crippen LogP contribution < -0.4 is 5.32 Å². The summed E-state index contributed by atoms with van der Waals surface area (Å²) in [4.78, 5) is 0.773. The second-order valence-electron chi connectivity index (χ2n) is 2.74. The molecule has 0 amide bonds. The Kier molecular flexibility index (Phi) is 4.34. The summed E-state index contributed by atoms with van der Waals surface area (Å²) >= 11 is 4.72. The monoisotopic (exact) mass is 265 g/mol. The van der Waals surface area contributed by atoms with Crippen LogP contribution in [-0.2, 0) is 0 Å². The summed E-state index contributed by atoms with van der Waals surface area (Å²) in [5.41, 5.74) is 0. The normalized spacial score (nSPS) is 15.7. The Bertz CT molecular complexity index is 266. The van der Waals surface area contributed by atoms with Gasteiger partial charge in [-0.3, -0.25) is 0 Å². The summed E-state index contributed by atoms with van der Waals surface area (Å²) in [6, 6.07) is 1.81. The Hall–Kier alpha value is 0.0600. The number of thiophene rings is 1. The van der Waals surface area contributed by atoms with E-state index in [9.17, 15) is 10.2 Å². The summed E-state index contributed by atoms with van der Waals surface area (Å²) in [7, 11) is 1.74. The molecule has 1 aromatic heterocycles. The van der Waals surface area contributed by atoms with Crippen LogP contribution in [0.5, 0.6) is 0 Å². The lowest BCUT2D eigenvalue weighted by molar-refractivity contribution is 0.0224. The van der Waals surface area contributed by atoms with E-state index in [0.717, 1.165) is 9.35 Å². The third-order valence-corrected chi connectivity index (χ3v) is 3.42. The van der Waals surface area contributed by atoms with E-state index in [1.807, 2.05) is 11.4 Å². The fourth-order valence-corrected chi connectivity index (χ4v) is 2.48. The van der Waals surface area contributed by atoms with Crippen molar-refractivity contribution in [3.8, 4) is 0 Å². The predicted octanol–water partition coefficient (Wildman–Crippen LogP) is 1.12. The first-order chi connectivity index (χ1) is 6.15. The average molecular weight is 266 g/mol. The Morgan fingerprint density at radius 3 is 2.77 bits per heavy atom. The van der Waals surface area contributed by atoms with Crippen molar-refractivity contribution in [1.29, 1.82) is 0 Å². The molecule has 74 valence electrons. The fraction of sp³-hybridized carbons (Fsp3) is 0.500. The van der Waals surface area contributed by atoms with Gasteiger partial charge in [-0.05, 0) is 29.0 Å². The summed E-state index contributed by atoms with van der Waals surface area (Å²) in [6.07, 6.45) is -1.56. The molecule has 3 nitrogen and oxygen atoms in total. The first-order valence-corrected chi connectivity index (χ1v) is 5.57. The molecule has 13 heavy (non-hydrogen) atoms. The summed E-state index contributed by atoms with van der Waals surface area (Å²) < 4.78 is 0.934. The summed E-state index contributed by atoms with van der Waals surface area (Å²) in [6.45, 7) is 0.386. The highest BCUT2D eigenvalue weighted by atomic mass is 79.9. The van der Waals surface area contributed by atoms with Gasteiger partial charge in [0.1, 0.15) is 6.10 Å². The summed E-state index contributed by atoms with van der Waals surface area (Å²) in [5.74, 6) is 0. The number of rotatable bonds is 4. The number of aliphatic hydroxyl groups excluding tert-OH is 2. The van der Waals surface area contributed by atoms with E-state index in [1.165, 1.54) is 11.3 Å². The quantitative estimate of drug-likeness (QED) is 0.765. The van der Waals surface area contributed by atoms with Gasteiger partial charge in [0, 0.05) is 21.3 Å². The number of hydrogen-bond acceptors (Lipinski definition) is 4. The number of likely N-dealkylation sites (N-methyl/N-ethyl adjacent to an activating group) is 1. The Morgan fingerprint density at radius 2 is 2.31 bits per heavy atom. The highest BCUT2D eigenvalue weighted by Gasteiger charge is 2.18. The highest BCUT2D eigenvalue weighted by Crippen LogP contribution is 2.27. The first kappa shape index (κ1) is 11.1. The lowest BCUT2D eigenvalue weighted by Gasteiger charge is -2.15. The molecule has 3 N–H and O–H groups in total. The molecule has 0 bridgehead atoms. The van der Waals surface area contributed by atoms with Crippen molar-refractivity contribution >= 4 is 27.3 Å². The van der Waals surface area contributed by atoms with Gasteiger partial charge in [0.2, 0.25) is 0 Å². The van der Waals surface area contributed by atoms with Crippen LogP contribution in [0, 0.1) is 0 Å². The molecule has 0 radical (unpaired) electrons. The van der Waals surface area contributed by atoms with Crippen LogP contribution in [0.4, 0.5) is 0 Å². The zero-order valence-electron chi connectivity index (χ0n) is 7.20. The van der Waals surface area contributed by atoms with Crippen molar-refractivity contribution in [1.82, 2.24) is 5.32 Å². The Balaban J connectivity index is 2.61. The molecule has 1 rings (SSSR count). The van der Waals surface area contributed by atoms with Crippen LogP contribution in [0.15, 0.2) is 15.9 Å². The third-order valence-electron chi connectivity index (χ3n) is 1.66. The molecule has 1 heterocycles. The van der Waals surface area contributed by atoms with Gasteiger partial charge < -0.3 is 15.5 Å². The van der Waals surface area contributed by atoms with Crippen molar-refractivity contribution in [3.05, 3.63) is 20.8 Å². The molecule has 0 saturated carbocycles. The molecule has 1 aromatic rings. The van der Waals surface area contributed by atoms with Crippen molar-refractivity contribution in [3.63, 3.8) is 0 Å². The van der Waals surface area contributed by atoms with Gasteiger partial charge in [-0.15, -0.1) is 11.3 Å². The first-order valence-electron chi connectivity index (χ1n) is 3.90. The van der Waals surface area contributed by atoms with E-state index in [2.05, 4.69) is 21.2 Å². The van der Waals surface area contributed by atoms with Crippen molar-refractivity contribution in [2.45, 2.75) is 12.2 Å². The van der Waals surface area contributed by atoms with E-state index >= 15 is 0 Å². The molecular weight excluding hydrogens is 254 g/mol. The number of hydrogen-bond donors (Lipinski definition) is 3. The van der Waals surface area contributed by atoms with E-state index in [1.54, 1.807) is 7.05 Å². The molecule has 5 heteroatoms. The standard InChI is InChI=1S/C8H12BrNO2S/c1-10-3-6(11)8(12)7-2-5(9)4-13-7/h2,4,6,8,10-12H,3H2,1H3. The maximum Gasteiger partial charge on any atom is 0.115 e. The van der Waals surface area contributed by atoms with Gasteiger partial charge in [0.25, 0.3) is 0 Å². The molecule has 0 saturated heterocycles. The SMILES string of the molecule is CNCC(O)C(O)c1cc(Br)cs1. The lowest BCUT2D eigenvalue weighted by Crippen LogP contribution is -2.29. The van der Waals surface area contributed by atoms with Crippen LogP contribution >= 0.6 is 27.3 Å². The Morgan fingerprint density at radius 1 is 1.62 bits per heavy atom. The fourth-order valence-electron chi connectivity index (χ4n) is 0.994. The van der Waals surface area contributed by atoms with Crippen LogP contribution in [-0.4, -0.2) is 29.9 Å². The van der Waals surface area contributed by atoms with Crippen LogP contribution in [0.3, 0.4) is 0 Å². The van der Waals surface area contributed by atoms with E-state index in [-0.39, 0.29) is 0 Å². The molecular formula is C8H12BrNO2S. The van der Waals surface area contributed by atoms with Crippen LogP contribution in [0.2, 0.25) is 0 Å². The van der Waals surface area contributed by atoms with Crippen molar-refractivity contribution < 1.29 is 10.2 Å². The minimum Gasteiger partial charge on any atom is -0.389 e. The maximum atomic E-state index is 9.63. The van der Waals surface area contributed by atoms with E-state index in [4.69, 9.17) is 0 Å². The average Bonchev–Trinajstić information content (AvgIpc) is 2.51.